The predicted molar refractivity (Wildman–Crippen MR) is 82.3 cm³/mol. The normalized spacial score (nSPS) is 10.4. The molecule has 0 aliphatic heterocycles. The second-order valence-corrected chi connectivity index (χ2v) is 5.18. The average molecular weight is 299 g/mol. The Morgan fingerprint density at radius 2 is 1.65 bits per heavy atom. The van der Waals surface area contributed by atoms with Crippen LogP contribution in [0.2, 0.25) is 5.02 Å². The first-order valence-electron chi connectivity index (χ1n) is 7.08. The first kappa shape index (κ1) is 16.8. The molecule has 1 aromatic carbocycles. The van der Waals surface area contributed by atoms with Crippen molar-refractivity contribution in [2.75, 3.05) is 14.2 Å². The Morgan fingerprint density at radius 1 is 1.05 bits per heavy atom. The van der Waals surface area contributed by atoms with Gasteiger partial charge in [-0.1, -0.05) is 44.2 Å². The van der Waals surface area contributed by atoms with E-state index in [1.54, 1.807) is 26.4 Å². The molecule has 112 valence electrons. The van der Waals surface area contributed by atoms with Crippen LogP contribution in [-0.2, 0) is 0 Å². The Balaban J connectivity index is 2.68. The van der Waals surface area contributed by atoms with Crippen molar-refractivity contribution in [3.05, 3.63) is 22.7 Å². The van der Waals surface area contributed by atoms with E-state index in [1.807, 2.05) is 0 Å². The van der Waals surface area contributed by atoms with Gasteiger partial charge >= 0.3 is 0 Å². The van der Waals surface area contributed by atoms with E-state index in [9.17, 15) is 4.79 Å². The number of halogens is 1. The van der Waals surface area contributed by atoms with Crippen molar-refractivity contribution in [2.24, 2.45) is 0 Å². The molecule has 20 heavy (non-hydrogen) atoms. The summed E-state index contributed by atoms with van der Waals surface area (Å²) in [5.74, 6) is 1.13. The molecule has 0 heterocycles. The van der Waals surface area contributed by atoms with Crippen molar-refractivity contribution in [2.45, 2.75) is 45.4 Å². The molecule has 0 atom stereocenters. The minimum atomic E-state index is 0.0625. The highest BCUT2D eigenvalue weighted by Gasteiger charge is 2.15. The van der Waals surface area contributed by atoms with Crippen LogP contribution in [0.5, 0.6) is 11.5 Å². The molecule has 0 aromatic heterocycles. The lowest BCUT2D eigenvalue weighted by Crippen LogP contribution is -2.02. The Bertz CT molecular complexity index is 444. The average Bonchev–Trinajstić information content (AvgIpc) is 2.46. The number of ketones is 1. The molecule has 1 aromatic rings. The van der Waals surface area contributed by atoms with Crippen molar-refractivity contribution >= 4 is 17.4 Å². The van der Waals surface area contributed by atoms with E-state index in [4.69, 9.17) is 21.1 Å². The lowest BCUT2D eigenvalue weighted by atomic mass is 10.0. The van der Waals surface area contributed by atoms with E-state index in [1.165, 1.54) is 19.3 Å². The third-order valence-electron chi connectivity index (χ3n) is 3.28. The maximum absolute atomic E-state index is 12.2. The number of hydrogen-bond donors (Lipinski definition) is 0. The fourth-order valence-corrected chi connectivity index (χ4v) is 2.35. The summed E-state index contributed by atoms with van der Waals surface area (Å²) in [5, 5.41) is 0.418. The molecule has 0 amide bonds. The summed E-state index contributed by atoms with van der Waals surface area (Å²) in [4.78, 5) is 12.2. The van der Waals surface area contributed by atoms with E-state index < -0.39 is 0 Å². The van der Waals surface area contributed by atoms with Gasteiger partial charge in [-0.15, -0.1) is 0 Å². The van der Waals surface area contributed by atoms with Crippen molar-refractivity contribution in [3.63, 3.8) is 0 Å². The van der Waals surface area contributed by atoms with Crippen molar-refractivity contribution in [3.8, 4) is 11.5 Å². The van der Waals surface area contributed by atoms with E-state index in [-0.39, 0.29) is 5.78 Å². The number of methoxy groups -OCH3 is 2. The van der Waals surface area contributed by atoms with Gasteiger partial charge in [0.25, 0.3) is 0 Å². The Labute approximate surface area is 126 Å². The molecule has 1 rings (SSSR count). The lowest BCUT2D eigenvalue weighted by molar-refractivity contribution is 0.0979. The van der Waals surface area contributed by atoms with Gasteiger partial charge in [-0.05, 0) is 12.5 Å². The largest absolute Gasteiger partial charge is 0.493 e. The van der Waals surface area contributed by atoms with E-state index in [0.29, 0.717) is 28.5 Å². The molecule has 4 heteroatoms. The fourth-order valence-electron chi connectivity index (χ4n) is 2.09. The number of rotatable bonds is 9. The zero-order chi connectivity index (χ0) is 15.0. The molecule has 0 saturated heterocycles. The molecule has 0 aliphatic rings. The zero-order valence-electron chi connectivity index (χ0n) is 12.5. The van der Waals surface area contributed by atoms with Crippen LogP contribution in [0.15, 0.2) is 12.1 Å². The molecular formula is C16H23ClO3. The predicted octanol–water partition coefficient (Wildman–Crippen LogP) is 4.90. The monoisotopic (exact) mass is 298 g/mol. The lowest BCUT2D eigenvalue weighted by Gasteiger charge is -2.11. The molecule has 0 aliphatic carbocycles. The number of carbonyl (C=O) groups excluding carboxylic acids is 1. The molecule has 0 spiro atoms. The van der Waals surface area contributed by atoms with Gasteiger partial charge in [-0.25, -0.2) is 0 Å². The molecular weight excluding hydrogens is 276 g/mol. The molecule has 0 unspecified atom stereocenters. The quantitative estimate of drug-likeness (QED) is 0.480. The summed E-state index contributed by atoms with van der Waals surface area (Å²) < 4.78 is 10.4. The zero-order valence-corrected chi connectivity index (χ0v) is 13.3. The Hall–Kier alpha value is -1.22. The van der Waals surface area contributed by atoms with Crippen LogP contribution in [0.1, 0.15) is 55.8 Å². The van der Waals surface area contributed by atoms with Gasteiger partial charge < -0.3 is 9.47 Å². The van der Waals surface area contributed by atoms with E-state index in [2.05, 4.69) is 6.92 Å². The van der Waals surface area contributed by atoms with Gasteiger partial charge in [-0.2, -0.15) is 0 Å². The topological polar surface area (TPSA) is 35.5 Å². The van der Waals surface area contributed by atoms with Gasteiger partial charge in [0.2, 0.25) is 0 Å². The summed E-state index contributed by atoms with van der Waals surface area (Å²) in [6.45, 7) is 2.18. The van der Waals surface area contributed by atoms with Crippen LogP contribution in [-0.4, -0.2) is 20.0 Å². The smallest absolute Gasteiger partial charge is 0.164 e. The van der Waals surface area contributed by atoms with Crippen molar-refractivity contribution < 1.29 is 14.3 Å². The number of carbonyl (C=O) groups is 1. The first-order chi connectivity index (χ1) is 9.63. The summed E-state index contributed by atoms with van der Waals surface area (Å²) in [6.07, 6.45) is 6.14. The van der Waals surface area contributed by atoms with Crippen LogP contribution in [0.25, 0.3) is 0 Å². The molecule has 0 fully saturated rings. The van der Waals surface area contributed by atoms with E-state index in [0.717, 1.165) is 12.8 Å². The highest BCUT2D eigenvalue weighted by atomic mass is 35.5. The van der Waals surface area contributed by atoms with Crippen LogP contribution in [0, 0.1) is 0 Å². The minimum Gasteiger partial charge on any atom is -0.493 e. The number of unbranched alkanes of at least 4 members (excludes halogenated alkanes) is 4. The van der Waals surface area contributed by atoms with Crippen molar-refractivity contribution in [1.29, 1.82) is 0 Å². The second kappa shape index (κ2) is 8.85. The second-order valence-electron chi connectivity index (χ2n) is 4.77. The third-order valence-corrected chi connectivity index (χ3v) is 3.59. The molecule has 0 N–H and O–H groups in total. The highest BCUT2D eigenvalue weighted by Crippen LogP contribution is 2.33. The van der Waals surface area contributed by atoms with Gasteiger partial charge in [-0.3, -0.25) is 4.79 Å². The summed E-state index contributed by atoms with van der Waals surface area (Å²) in [6, 6.07) is 3.29. The minimum absolute atomic E-state index is 0.0625. The maximum atomic E-state index is 12.2. The number of ether oxygens (including phenoxy) is 2. The Kier molecular flexibility index (Phi) is 7.45. The summed E-state index contributed by atoms with van der Waals surface area (Å²) in [5.41, 5.74) is 0.514. The summed E-state index contributed by atoms with van der Waals surface area (Å²) in [7, 11) is 3.09. The number of Topliss-reactive ketones (excluding diaryl/α,β-unsaturated/α-hetero) is 1. The van der Waals surface area contributed by atoms with Crippen LogP contribution in [0.4, 0.5) is 0 Å². The van der Waals surface area contributed by atoms with Gasteiger partial charge in [0.15, 0.2) is 17.3 Å². The van der Waals surface area contributed by atoms with Crippen molar-refractivity contribution in [1.82, 2.24) is 0 Å². The molecule has 0 bridgehead atoms. The van der Waals surface area contributed by atoms with Crippen LogP contribution < -0.4 is 9.47 Å². The number of benzene rings is 1. The van der Waals surface area contributed by atoms with Gasteiger partial charge in [0.1, 0.15) is 0 Å². The SMILES string of the molecule is CCCCCCCC(=O)c1cc(OC)c(OC)cc1Cl. The van der Waals surface area contributed by atoms with Crippen LogP contribution >= 0.6 is 11.6 Å². The van der Waals surface area contributed by atoms with Gasteiger partial charge in [0, 0.05) is 18.1 Å². The van der Waals surface area contributed by atoms with E-state index >= 15 is 0 Å². The van der Waals surface area contributed by atoms with Crippen LogP contribution in [0.3, 0.4) is 0 Å². The Morgan fingerprint density at radius 3 is 2.25 bits per heavy atom. The fraction of sp³-hybridized carbons (Fsp3) is 0.562. The molecule has 3 nitrogen and oxygen atoms in total. The molecule has 0 radical (unpaired) electrons. The molecule has 0 saturated carbocycles. The standard InChI is InChI=1S/C16H23ClO3/c1-4-5-6-7-8-9-14(18)12-10-15(19-2)16(20-3)11-13(12)17/h10-11H,4-9H2,1-3H3. The van der Waals surface area contributed by atoms with Gasteiger partial charge in [0.05, 0.1) is 19.2 Å². The number of hydrogen-bond acceptors (Lipinski definition) is 3. The summed E-state index contributed by atoms with van der Waals surface area (Å²) >= 11 is 6.14. The first-order valence-corrected chi connectivity index (χ1v) is 7.46. The highest BCUT2D eigenvalue weighted by molar-refractivity contribution is 6.34. The maximum Gasteiger partial charge on any atom is 0.164 e. The third kappa shape index (κ3) is 4.71.